The molecule has 1 atom stereocenters. The average Bonchev–Trinajstić information content (AvgIpc) is 3.06. The molecule has 1 unspecified atom stereocenters. The van der Waals surface area contributed by atoms with E-state index < -0.39 is 5.60 Å². The number of rotatable bonds is 1. The fourth-order valence-corrected chi connectivity index (χ4v) is 3.59. The first-order valence-electron chi connectivity index (χ1n) is 8.35. The Labute approximate surface area is 138 Å². The minimum absolute atomic E-state index is 0.180. The van der Waals surface area contributed by atoms with E-state index in [0.29, 0.717) is 0 Å². The maximum atomic E-state index is 12.3. The lowest BCUT2D eigenvalue weighted by Crippen LogP contribution is -2.37. The average molecular weight is 317 g/mol. The van der Waals surface area contributed by atoms with Crippen LogP contribution in [0.25, 0.3) is 0 Å². The van der Waals surface area contributed by atoms with Gasteiger partial charge in [-0.2, -0.15) is 0 Å². The first-order valence-corrected chi connectivity index (χ1v) is 8.35. The van der Waals surface area contributed by atoms with E-state index in [0.717, 1.165) is 44.7 Å². The zero-order valence-corrected chi connectivity index (χ0v) is 14.3. The number of nitrogens with zero attached hydrogens (tertiary/aromatic N) is 2. The molecule has 0 aromatic heterocycles. The van der Waals surface area contributed by atoms with Crippen LogP contribution in [-0.2, 0) is 4.74 Å². The van der Waals surface area contributed by atoms with Crippen molar-refractivity contribution in [2.24, 2.45) is 5.41 Å². The third-order valence-corrected chi connectivity index (χ3v) is 4.79. The van der Waals surface area contributed by atoms with Crippen LogP contribution in [0.4, 0.5) is 16.2 Å². The van der Waals surface area contributed by atoms with E-state index >= 15 is 0 Å². The predicted octanol–water partition coefficient (Wildman–Crippen LogP) is 3.11. The van der Waals surface area contributed by atoms with E-state index in [2.05, 4.69) is 17.0 Å². The van der Waals surface area contributed by atoms with Crippen LogP contribution in [0.15, 0.2) is 24.3 Å². The molecule has 5 nitrogen and oxygen atoms in total. The van der Waals surface area contributed by atoms with Gasteiger partial charge in [0.2, 0.25) is 0 Å². The highest BCUT2D eigenvalue weighted by Gasteiger charge is 2.45. The summed E-state index contributed by atoms with van der Waals surface area (Å²) in [6.07, 6.45) is 1.99. The molecule has 0 aliphatic carbocycles. The molecule has 2 heterocycles. The summed E-state index contributed by atoms with van der Waals surface area (Å²) < 4.78 is 5.51. The summed E-state index contributed by atoms with van der Waals surface area (Å²) in [4.78, 5) is 16.5. The zero-order valence-electron chi connectivity index (χ0n) is 14.3. The van der Waals surface area contributed by atoms with Gasteiger partial charge < -0.3 is 20.3 Å². The van der Waals surface area contributed by atoms with Crippen LogP contribution < -0.4 is 10.6 Å². The smallest absolute Gasteiger partial charge is 0.410 e. The van der Waals surface area contributed by atoms with Crippen molar-refractivity contribution in [1.82, 2.24) is 4.90 Å². The molecule has 2 aliphatic rings. The number of hydrogen-bond donors (Lipinski definition) is 1. The molecule has 2 N–H and O–H groups in total. The van der Waals surface area contributed by atoms with Gasteiger partial charge in [-0.25, -0.2) is 4.79 Å². The van der Waals surface area contributed by atoms with Gasteiger partial charge in [0.1, 0.15) is 5.60 Å². The van der Waals surface area contributed by atoms with Gasteiger partial charge in [0.25, 0.3) is 0 Å². The van der Waals surface area contributed by atoms with Crippen molar-refractivity contribution < 1.29 is 9.53 Å². The molecule has 3 rings (SSSR count). The van der Waals surface area contributed by atoms with Crippen molar-refractivity contribution in [1.29, 1.82) is 0 Å². The van der Waals surface area contributed by atoms with Crippen LogP contribution >= 0.6 is 0 Å². The number of nitrogens with two attached hydrogens (primary N) is 1. The van der Waals surface area contributed by atoms with Gasteiger partial charge in [-0.05, 0) is 57.9 Å². The van der Waals surface area contributed by atoms with Gasteiger partial charge in [-0.3, -0.25) is 0 Å². The Balaban J connectivity index is 1.62. The number of amides is 1. The highest BCUT2D eigenvalue weighted by molar-refractivity contribution is 5.68. The second kappa shape index (κ2) is 5.62. The number of nitrogen functional groups attached to an aromatic ring is 1. The maximum absolute atomic E-state index is 12.3. The summed E-state index contributed by atoms with van der Waals surface area (Å²) in [5.41, 5.74) is 7.55. The van der Waals surface area contributed by atoms with E-state index in [1.54, 1.807) is 0 Å². The summed E-state index contributed by atoms with van der Waals surface area (Å²) in [6.45, 7) is 9.36. The van der Waals surface area contributed by atoms with Crippen LogP contribution in [0.2, 0.25) is 0 Å². The maximum Gasteiger partial charge on any atom is 0.410 e. The number of ether oxygens (including phenoxy) is 1. The van der Waals surface area contributed by atoms with Crippen molar-refractivity contribution in [2.75, 3.05) is 36.8 Å². The van der Waals surface area contributed by atoms with E-state index in [-0.39, 0.29) is 11.5 Å². The molecule has 2 saturated heterocycles. The van der Waals surface area contributed by atoms with Crippen LogP contribution in [-0.4, -0.2) is 42.8 Å². The van der Waals surface area contributed by atoms with E-state index in [1.165, 1.54) is 5.69 Å². The fourth-order valence-electron chi connectivity index (χ4n) is 3.59. The molecule has 0 saturated carbocycles. The quantitative estimate of drug-likeness (QED) is 0.809. The van der Waals surface area contributed by atoms with Crippen molar-refractivity contribution in [3.63, 3.8) is 0 Å². The molecule has 1 spiro atoms. The lowest BCUT2D eigenvalue weighted by Gasteiger charge is -2.27. The highest BCUT2D eigenvalue weighted by Crippen LogP contribution is 2.41. The Morgan fingerprint density at radius 2 is 1.78 bits per heavy atom. The number of carbonyl (C=O) groups excluding carboxylic acids is 1. The SMILES string of the molecule is CC(C)(C)OC(=O)N1CCC2(CCN(c3ccc(N)cc3)C2)C1. The van der Waals surface area contributed by atoms with Crippen LogP contribution in [0.5, 0.6) is 0 Å². The highest BCUT2D eigenvalue weighted by atomic mass is 16.6. The topological polar surface area (TPSA) is 58.8 Å². The van der Waals surface area contributed by atoms with Gasteiger partial charge in [-0.1, -0.05) is 0 Å². The summed E-state index contributed by atoms with van der Waals surface area (Å²) in [6, 6.07) is 8.05. The minimum atomic E-state index is -0.432. The molecule has 0 radical (unpaired) electrons. The molecule has 23 heavy (non-hydrogen) atoms. The minimum Gasteiger partial charge on any atom is -0.444 e. The number of carbonyl (C=O) groups is 1. The summed E-state index contributed by atoms with van der Waals surface area (Å²) in [5, 5.41) is 0. The number of likely N-dealkylation sites (tertiary alicyclic amines) is 1. The third-order valence-electron chi connectivity index (χ3n) is 4.79. The van der Waals surface area contributed by atoms with Gasteiger partial charge in [0.05, 0.1) is 0 Å². The second-order valence-corrected chi connectivity index (χ2v) is 7.91. The molecular formula is C18H27N3O2. The third kappa shape index (κ3) is 3.54. The van der Waals surface area contributed by atoms with Gasteiger partial charge in [0, 0.05) is 43.0 Å². The van der Waals surface area contributed by atoms with E-state index in [4.69, 9.17) is 10.5 Å². The lowest BCUT2D eigenvalue weighted by molar-refractivity contribution is 0.0276. The van der Waals surface area contributed by atoms with Crippen molar-refractivity contribution in [3.8, 4) is 0 Å². The van der Waals surface area contributed by atoms with Crippen LogP contribution in [0, 0.1) is 5.41 Å². The number of anilines is 2. The molecule has 126 valence electrons. The van der Waals surface area contributed by atoms with Crippen molar-refractivity contribution >= 4 is 17.5 Å². The fraction of sp³-hybridized carbons (Fsp3) is 0.611. The largest absolute Gasteiger partial charge is 0.444 e. The Bertz CT molecular complexity index is 579. The Morgan fingerprint density at radius 1 is 1.13 bits per heavy atom. The molecule has 5 heteroatoms. The van der Waals surface area contributed by atoms with Gasteiger partial charge in [-0.15, -0.1) is 0 Å². The first-order chi connectivity index (χ1) is 10.8. The van der Waals surface area contributed by atoms with Crippen molar-refractivity contribution in [2.45, 2.75) is 39.2 Å². The van der Waals surface area contributed by atoms with E-state index in [1.807, 2.05) is 37.8 Å². The normalized spacial score (nSPS) is 24.5. The molecule has 2 aliphatic heterocycles. The van der Waals surface area contributed by atoms with E-state index in [9.17, 15) is 4.79 Å². The monoisotopic (exact) mass is 317 g/mol. The molecule has 2 fully saturated rings. The number of hydrogen-bond acceptors (Lipinski definition) is 4. The standard InChI is InChI=1S/C18H27N3O2/c1-17(2,3)23-16(22)21-11-9-18(13-21)8-10-20(12-18)15-6-4-14(19)5-7-15/h4-7H,8-13,19H2,1-3H3. The van der Waals surface area contributed by atoms with Crippen LogP contribution in [0.3, 0.4) is 0 Å². The van der Waals surface area contributed by atoms with Gasteiger partial charge in [0.15, 0.2) is 0 Å². The molecular weight excluding hydrogens is 290 g/mol. The molecule has 1 aromatic rings. The Hall–Kier alpha value is -1.91. The predicted molar refractivity (Wildman–Crippen MR) is 92.5 cm³/mol. The van der Waals surface area contributed by atoms with Crippen LogP contribution in [0.1, 0.15) is 33.6 Å². The molecule has 1 amide bonds. The first kappa shape index (κ1) is 16.0. The summed E-state index contributed by atoms with van der Waals surface area (Å²) >= 11 is 0. The van der Waals surface area contributed by atoms with Gasteiger partial charge >= 0.3 is 6.09 Å². The number of benzene rings is 1. The molecule has 0 bridgehead atoms. The second-order valence-electron chi connectivity index (χ2n) is 7.91. The molecule has 1 aromatic carbocycles. The summed E-state index contributed by atoms with van der Waals surface area (Å²) in [7, 11) is 0. The Kier molecular flexibility index (Phi) is 3.90. The lowest BCUT2D eigenvalue weighted by atomic mass is 9.86. The van der Waals surface area contributed by atoms with Crippen molar-refractivity contribution in [3.05, 3.63) is 24.3 Å². The Morgan fingerprint density at radius 3 is 2.43 bits per heavy atom. The summed E-state index contributed by atoms with van der Waals surface area (Å²) in [5.74, 6) is 0. The zero-order chi connectivity index (χ0) is 16.7.